The Hall–Kier alpha value is -0.860. The summed E-state index contributed by atoms with van der Waals surface area (Å²) in [4.78, 5) is 0.326. The van der Waals surface area contributed by atoms with E-state index >= 15 is 0 Å². The summed E-state index contributed by atoms with van der Waals surface area (Å²) < 4.78 is 37.4. The van der Waals surface area contributed by atoms with Crippen molar-refractivity contribution in [2.24, 2.45) is 5.92 Å². The summed E-state index contributed by atoms with van der Waals surface area (Å²) >= 11 is 0. The summed E-state index contributed by atoms with van der Waals surface area (Å²) in [7, 11) is -1.80. The summed E-state index contributed by atoms with van der Waals surface area (Å²) in [6, 6.07) is 6.62. The SMILES string of the molecule is CCNCC1CCN(S(=O)(=O)c2ccc(OCCOC)cc2)CC1.Cl. The Morgan fingerprint density at radius 3 is 2.36 bits per heavy atom. The van der Waals surface area contributed by atoms with Gasteiger partial charge >= 0.3 is 0 Å². The Bertz CT molecular complexity index is 587. The van der Waals surface area contributed by atoms with Crippen molar-refractivity contribution in [1.29, 1.82) is 0 Å². The Labute approximate surface area is 157 Å². The largest absolute Gasteiger partial charge is 0.491 e. The molecule has 1 N–H and O–H groups in total. The molecule has 0 bridgehead atoms. The zero-order chi connectivity index (χ0) is 17.4. The van der Waals surface area contributed by atoms with Gasteiger partial charge in [-0.3, -0.25) is 0 Å². The number of benzene rings is 1. The van der Waals surface area contributed by atoms with E-state index in [1.54, 1.807) is 35.7 Å². The van der Waals surface area contributed by atoms with Gasteiger partial charge in [0.25, 0.3) is 0 Å². The number of hydrogen-bond acceptors (Lipinski definition) is 5. The fourth-order valence-electron chi connectivity index (χ4n) is 2.80. The quantitative estimate of drug-likeness (QED) is 0.652. The number of hydrogen-bond donors (Lipinski definition) is 1. The molecule has 0 amide bonds. The first-order valence-corrected chi connectivity index (χ1v) is 9.94. The van der Waals surface area contributed by atoms with Gasteiger partial charge < -0.3 is 14.8 Å². The van der Waals surface area contributed by atoms with E-state index < -0.39 is 10.0 Å². The van der Waals surface area contributed by atoms with Gasteiger partial charge in [0.1, 0.15) is 12.4 Å². The standard InChI is InChI=1S/C17H28N2O4S.ClH/c1-3-18-14-15-8-10-19(11-9-15)24(20,21)17-6-4-16(5-7-17)23-13-12-22-2;/h4-7,15,18H,3,8-14H2,1-2H3;1H. The van der Waals surface area contributed by atoms with Crippen LogP contribution in [0.3, 0.4) is 0 Å². The van der Waals surface area contributed by atoms with Crippen molar-refractivity contribution >= 4 is 22.4 Å². The van der Waals surface area contributed by atoms with Gasteiger partial charge in [-0.2, -0.15) is 4.31 Å². The van der Waals surface area contributed by atoms with Crippen LogP contribution < -0.4 is 10.1 Å². The maximum atomic E-state index is 12.7. The molecule has 0 atom stereocenters. The van der Waals surface area contributed by atoms with Crippen LogP contribution in [0, 0.1) is 5.92 Å². The molecule has 6 nitrogen and oxygen atoms in total. The maximum absolute atomic E-state index is 12.7. The molecule has 1 heterocycles. The van der Waals surface area contributed by atoms with Crippen molar-refractivity contribution in [3.8, 4) is 5.75 Å². The number of rotatable bonds is 9. The second-order valence-corrected chi connectivity index (χ2v) is 7.91. The minimum absolute atomic E-state index is 0. The highest BCUT2D eigenvalue weighted by Crippen LogP contribution is 2.24. The van der Waals surface area contributed by atoms with Gasteiger partial charge in [-0.1, -0.05) is 6.92 Å². The summed E-state index contributed by atoms with van der Waals surface area (Å²) in [5.41, 5.74) is 0. The summed E-state index contributed by atoms with van der Waals surface area (Å²) in [6.07, 6.45) is 1.81. The molecule has 2 rings (SSSR count). The molecule has 25 heavy (non-hydrogen) atoms. The molecule has 144 valence electrons. The van der Waals surface area contributed by atoms with E-state index in [0.29, 0.717) is 42.9 Å². The third-order valence-corrected chi connectivity index (χ3v) is 6.19. The molecule has 0 aromatic heterocycles. The molecule has 1 aliphatic rings. The molecule has 1 aromatic rings. The topological polar surface area (TPSA) is 67.9 Å². The van der Waals surface area contributed by atoms with Gasteiger partial charge in [-0.25, -0.2) is 8.42 Å². The molecular formula is C17H29ClN2O4S. The Morgan fingerprint density at radius 1 is 1.16 bits per heavy atom. The molecule has 1 fully saturated rings. The molecule has 1 aliphatic heterocycles. The smallest absolute Gasteiger partial charge is 0.243 e. The number of methoxy groups -OCH3 is 1. The van der Waals surface area contributed by atoms with Gasteiger partial charge in [0.15, 0.2) is 0 Å². The third-order valence-electron chi connectivity index (χ3n) is 4.27. The molecule has 0 unspecified atom stereocenters. The van der Waals surface area contributed by atoms with Crippen molar-refractivity contribution in [3.63, 3.8) is 0 Å². The third kappa shape index (κ3) is 6.42. The highest BCUT2D eigenvalue weighted by atomic mass is 35.5. The first kappa shape index (κ1) is 22.2. The van der Waals surface area contributed by atoms with Crippen LogP contribution >= 0.6 is 12.4 Å². The minimum Gasteiger partial charge on any atom is -0.491 e. The Morgan fingerprint density at radius 2 is 1.80 bits per heavy atom. The maximum Gasteiger partial charge on any atom is 0.243 e. The molecule has 0 aliphatic carbocycles. The van der Waals surface area contributed by atoms with Gasteiger partial charge in [0.2, 0.25) is 10.0 Å². The fourth-order valence-corrected chi connectivity index (χ4v) is 4.27. The highest BCUT2D eigenvalue weighted by molar-refractivity contribution is 7.89. The number of sulfonamides is 1. The van der Waals surface area contributed by atoms with Crippen LogP contribution in [0.1, 0.15) is 19.8 Å². The Kier molecular flexibility index (Phi) is 9.74. The summed E-state index contributed by atoms with van der Waals surface area (Å²) in [5, 5.41) is 3.34. The average Bonchev–Trinajstić information content (AvgIpc) is 2.61. The molecule has 0 saturated carbocycles. The predicted molar refractivity (Wildman–Crippen MR) is 101 cm³/mol. The number of halogens is 1. The molecular weight excluding hydrogens is 364 g/mol. The molecule has 1 saturated heterocycles. The predicted octanol–water partition coefficient (Wildman–Crippen LogP) is 2.14. The first-order chi connectivity index (χ1) is 11.6. The van der Waals surface area contributed by atoms with Crippen LogP contribution in [0.4, 0.5) is 0 Å². The lowest BCUT2D eigenvalue weighted by Gasteiger charge is -2.31. The van der Waals surface area contributed by atoms with Crippen molar-refractivity contribution in [3.05, 3.63) is 24.3 Å². The monoisotopic (exact) mass is 392 g/mol. The van der Waals surface area contributed by atoms with E-state index in [0.717, 1.165) is 25.9 Å². The number of nitrogens with zero attached hydrogens (tertiary/aromatic N) is 1. The molecule has 0 radical (unpaired) electrons. The fraction of sp³-hybridized carbons (Fsp3) is 0.647. The van der Waals surface area contributed by atoms with E-state index in [2.05, 4.69) is 12.2 Å². The second-order valence-electron chi connectivity index (χ2n) is 5.97. The lowest BCUT2D eigenvalue weighted by atomic mass is 9.98. The van der Waals surface area contributed by atoms with Crippen LogP contribution in [-0.2, 0) is 14.8 Å². The van der Waals surface area contributed by atoms with E-state index in [4.69, 9.17) is 9.47 Å². The van der Waals surface area contributed by atoms with Gasteiger partial charge in [0.05, 0.1) is 11.5 Å². The number of nitrogens with one attached hydrogen (secondary N) is 1. The minimum atomic E-state index is -3.42. The lowest BCUT2D eigenvalue weighted by Crippen LogP contribution is -2.40. The zero-order valence-corrected chi connectivity index (χ0v) is 16.6. The zero-order valence-electron chi connectivity index (χ0n) is 14.9. The van der Waals surface area contributed by atoms with Crippen molar-refractivity contribution in [2.75, 3.05) is 46.5 Å². The molecule has 0 spiro atoms. The van der Waals surface area contributed by atoms with Crippen LogP contribution in [0.5, 0.6) is 5.75 Å². The van der Waals surface area contributed by atoms with E-state index in [1.165, 1.54) is 0 Å². The van der Waals surface area contributed by atoms with Crippen LogP contribution in [0.2, 0.25) is 0 Å². The second kappa shape index (κ2) is 11.0. The van der Waals surface area contributed by atoms with E-state index in [-0.39, 0.29) is 12.4 Å². The normalized spacial score (nSPS) is 16.4. The van der Waals surface area contributed by atoms with Gasteiger partial charge in [-0.05, 0) is 56.1 Å². The number of ether oxygens (including phenoxy) is 2. The van der Waals surface area contributed by atoms with Gasteiger partial charge in [0, 0.05) is 20.2 Å². The summed E-state index contributed by atoms with van der Waals surface area (Å²) in [5.74, 6) is 1.21. The first-order valence-electron chi connectivity index (χ1n) is 8.50. The van der Waals surface area contributed by atoms with Crippen LogP contribution in [-0.4, -0.2) is 59.2 Å². The lowest BCUT2D eigenvalue weighted by molar-refractivity contribution is 0.146. The Balaban J connectivity index is 0.00000312. The van der Waals surface area contributed by atoms with E-state index in [1.807, 2.05) is 0 Å². The van der Waals surface area contributed by atoms with Crippen LogP contribution in [0.15, 0.2) is 29.2 Å². The highest BCUT2D eigenvalue weighted by Gasteiger charge is 2.29. The van der Waals surface area contributed by atoms with Crippen molar-refractivity contribution in [2.45, 2.75) is 24.7 Å². The van der Waals surface area contributed by atoms with Crippen molar-refractivity contribution in [1.82, 2.24) is 9.62 Å². The van der Waals surface area contributed by atoms with Gasteiger partial charge in [-0.15, -0.1) is 12.4 Å². The summed E-state index contributed by atoms with van der Waals surface area (Å²) in [6.45, 7) is 6.14. The molecule has 1 aromatic carbocycles. The average molecular weight is 393 g/mol. The number of piperidine rings is 1. The van der Waals surface area contributed by atoms with Crippen molar-refractivity contribution < 1.29 is 17.9 Å². The van der Waals surface area contributed by atoms with Crippen LogP contribution in [0.25, 0.3) is 0 Å². The molecule has 8 heteroatoms. The van der Waals surface area contributed by atoms with E-state index in [9.17, 15) is 8.42 Å².